The van der Waals surface area contributed by atoms with Crippen molar-refractivity contribution >= 4 is 5.97 Å². The van der Waals surface area contributed by atoms with E-state index in [4.69, 9.17) is 4.74 Å². The average molecular weight is 388 g/mol. The molecule has 0 unspecified atom stereocenters. The molecular weight excluding hydrogens is 361 g/mol. The maximum absolute atomic E-state index is 12.3. The number of benzene rings is 1. The van der Waals surface area contributed by atoms with Crippen LogP contribution in [0.5, 0.6) is 5.75 Å². The van der Waals surface area contributed by atoms with E-state index in [1.165, 1.54) is 38.5 Å². The van der Waals surface area contributed by atoms with Gasteiger partial charge in [0.2, 0.25) is 0 Å². The van der Waals surface area contributed by atoms with Crippen molar-refractivity contribution in [2.24, 2.45) is 23.7 Å². The third-order valence-electron chi connectivity index (χ3n) is 5.74. The summed E-state index contributed by atoms with van der Waals surface area (Å²) in [5.74, 6) is 3.39. The monoisotopic (exact) mass is 388 g/mol. The van der Waals surface area contributed by atoms with Gasteiger partial charge in [-0.1, -0.05) is 19.8 Å². The molecule has 2 saturated carbocycles. The molecule has 123 valence electrons. The minimum Gasteiger partial charge on any atom is -0.453 e. The maximum Gasteiger partial charge on any atom is 0.312 e. The second-order valence-electron chi connectivity index (χ2n) is 7.29. The predicted molar refractivity (Wildman–Crippen MR) is 87.5 cm³/mol. The summed E-state index contributed by atoms with van der Waals surface area (Å²) in [5, 5.41) is 0. The first kappa shape index (κ1) is 19.1. The molecule has 2 aliphatic rings. The third-order valence-corrected chi connectivity index (χ3v) is 5.74. The van der Waals surface area contributed by atoms with Crippen molar-refractivity contribution in [2.45, 2.75) is 58.3 Å². The summed E-state index contributed by atoms with van der Waals surface area (Å²) >= 11 is 0. The van der Waals surface area contributed by atoms with Gasteiger partial charge in [0, 0.05) is 38.5 Å². The quantitative estimate of drug-likeness (QED) is 0.413. The van der Waals surface area contributed by atoms with E-state index >= 15 is 0 Å². The van der Waals surface area contributed by atoms with Crippen LogP contribution >= 0.6 is 0 Å². The van der Waals surface area contributed by atoms with E-state index in [0.717, 1.165) is 30.6 Å². The molecule has 2 nitrogen and oxygen atoms in total. The van der Waals surface area contributed by atoms with Gasteiger partial charge in [-0.05, 0) is 56.3 Å². The van der Waals surface area contributed by atoms with E-state index in [1.807, 2.05) is 0 Å². The molecule has 0 spiro atoms. The Labute approximate surface area is 165 Å². The Kier molecular flexibility index (Phi) is 7.75. The Balaban J connectivity index is 0.00000192. The van der Waals surface area contributed by atoms with Crippen LogP contribution in [0, 0.1) is 29.7 Å². The Morgan fingerprint density at radius 3 is 2.04 bits per heavy atom. The normalized spacial score (nSPS) is 31.0. The molecule has 0 saturated heterocycles. The largest absolute Gasteiger partial charge is 0.453 e. The van der Waals surface area contributed by atoms with E-state index in [9.17, 15) is 4.79 Å². The van der Waals surface area contributed by atoms with Crippen LogP contribution in [0.25, 0.3) is 0 Å². The molecule has 0 aliphatic heterocycles. The molecule has 0 amide bonds. The Hall–Kier alpha value is -0.206. The number of carbonyl (C=O) groups excluding carboxylic acids is 1. The second-order valence-corrected chi connectivity index (χ2v) is 7.29. The summed E-state index contributed by atoms with van der Waals surface area (Å²) in [6.07, 6.45) is 10.0. The van der Waals surface area contributed by atoms with Gasteiger partial charge in [0.15, 0.2) is 0 Å². The fraction of sp³-hybridized carbons (Fsp3) is 0.650. The van der Waals surface area contributed by atoms with E-state index in [1.54, 1.807) is 24.3 Å². The molecule has 1 aromatic carbocycles. The van der Waals surface area contributed by atoms with Crippen LogP contribution in [0.4, 0.5) is 0 Å². The van der Waals surface area contributed by atoms with Crippen LogP contribution < -0.4 is 4.74 Å². The van der Waals surface area contributed by atoms with Crippen LogP contribution in [0.15, 0.2) is 24.3 Å². The van der Waals surface area contributed by atoms with E-state index in [0.29, 0.717) is 5.75 Å². The first-order valence-electron chi connectivity index (χ1n) is 8.90. The molecular formula is C20H27O2Y-. The first-order valence-corrected chi connectivity index (χ1v) is 8.90. The molecule has 2 fully saturated rings. The molecule has 1 aromatic rings. The van der Waals surface area contributed by atoms with Crippen molar-refractivity contribution < 1.29 is 42.2 Å². The number of hydrogen-bond donors (Lipinski definition) is 0. The average Bonchev–Trinajstić information content (AvgIpc) is 2.57. The van der Waals surface area contributed by atoms with Gasteiger partial charge in [-0.25, -0.2) is 0 Å². The Bertz CT molecular complexity index is 472. The molecule has 2 aliphatic carbocycles. The molecule has 23 heavy (non-hydrogen) atoms. The number of ether oxygens (including phenoxy) is 1. The van der Waals surface area contributed by atoms with Gasteiger partial charge in [-0.2, -0.15) is 18.2 Å². The Morgan fingerprint density at radius 2 is 1.48 bits per heavy atom. The molecule has 0 N–H and O–H groups in total. The number of carbonyl (C=O) groups is 1. The van der Waals surface area contributed by atoms with Crippen molar-refractivity contribution in [3.63, 3.8) is 0 Å². The summed E-state index contributed by atoms with van der Waals surface area (Å²) in [7, 11) is 0. The summed E-state index contributed by atoms with van der Waals surface area (Å²) < 4.78 is 5.49. The van der Waals surface area contributed by atoms with Gasteiger partial charge in [0.25, 0.3) is 0 Å². The van der Waals surface area contributed by atoms with Crippen LogP contribution in [-0.4, -0.2) is 5.97 Å². The first-order chi connectivity index (χ1) is 10.7. The Morgan fingerprint density at radius 1 is 0.957 bits per heavy atom. The van der Waals surface area contributed by atoms with Crippen LogP contribution in [0.2, 0.25) is 0 Å². The molecule has 3 rings (SSSR count). The van der Waals surface area contributed by atoms with E-state index < -0.39 is 0 Å². The summed E-state index contributed by atoms with van der Waals surface area (Å²) in [4.78, 5) is 12.3. The topological polar surface area (TPSA) is 26.3 Å². The second kappa shape index (κ2) is 9.32. The molecule has 0 aromatic heterocycles. The van der Waals surface area contributed by atoms with Gasteiger partial charge in [0.05, 0.1) is 5.92 Å². The van der Waals surface area contributed by atoms with Crippen molar-refractivity contribution in [3.8, 4) is 5.75 Å². The number of hydrogen-bond acceptors (Lipinski definition) is 2. The molecule has 3 heteroatoms. The van der Waals surface area contributed by atoms with Gasteiger partial charge >= 0.3 is 5.97 Å². The van der Waals surface area contributed by atoms with Gasteiger partial charge in [0.1, 0.15) is 0 Å². The molecule has 0 heterocycles. The fourth-order valence-electron chi connectivity index (χ4n) is 4.22. The van der Waals surface area contributed by atoms with Crippen LogP contribution in [-0.2, 0) is 37.5 Å². The fourth-order valence-corrected chi connectivity index (χ4v) is 4.22. The SMILES string of the molecule is CC1CCC(C2CCC(C(=O)Oc3cc[c-]cc3)CC2)CC1.[Y]. The zero-order valence-electron chi connectivity index (χ0n) is 14.2. The maximum atomic E-state index is 12.3. The van der Waals surface area contributed by atoms with Gasteiger partial charge in [-0.15, -0.1) is 12.1 Å². The minimum atomic E-state index is -0.0399. The molecule has 0 bridgehead atoms. The summed E-state index contributed by atoms with van der Waals surface area (Å²) in [6.45, 7) is 2.38. The minimum absolute atomic E-state index is 0. The van der Waals surface area contributed by atoms with Gasteiger partial charge in [-0.3, -0.25) is 4.79 Å². The van der Waals surface area contributed by atoms with Crippen molar-refractivity contribution in [2.75, 3.05) is 0 Å². The van der Waals surface area contributed by atoms with E-state index in [2.05, 4.69) is 13.0 Å². The van der Waals surface area contributed by atoms with Crippen molar-refractivity contribution in [1.82, 2.24) is 0 Å². The smallest absolute Gasteiger partial charge is 0.312 e. The van der Waals surface area contributed by atoms with E-state index in [-0.39, 0.29) is 44.6 Å². The van der Waals surface area contributed by atoms with Crippen molar-refractivity contribution in [3.05, 3.63) is 30.3 Å². The zero-order valence-corrected chi connectivity index (χ0v) is 17.0. The zero-order chi connectivity index (χ0) is 15.4. The predicted octanol–water partition coefficient (Wildman–Crippen LogP) is 5.02. The standard InChI is InChI=1S/C20H27O2.Y/c1-15-7-9-16(10-8-15)17-11-13-18(14-12-17)20(21)22-19-5-3-2-4-6-19;/h3-6,15-18H,7-14H2,1H3;/q-1;. The number of rotatable bonds is 3. The number of esters is 1. The summed E-state index contributed by atoms with van der Waals surface area (Å²) in [6, 6.07) is 10.1. The van der Waals surface area contributed by atoms with Crippen LogP contribution in [0.1, 0.15) is 58.3 Å². The molecule has 1 radical (unpaired) electrons. The van der Waals surface area contributed by atoms with Crippen LogP contribution in [0.3, 0.4) is 0 Å². The molecule has 0 atom stereocenters. The van der Waals surface area contributed by atoms with Crippen molar-refractivity contribution in [1.29, 1.82) is 0 Å². The van der Waals surface area contributed by atoms with Gasteiger partial charge < -0.3 is 4.74 Å². The third kappa shape index (κ3) is 5.39. The summed E-state index contributed by atoms with van der Waals surface area (Å²) in [5.41, 5.74) is 0.